The van der Waals surface area contributed by atoms with Crippen molar-refractivity contribution < 1.29 is 22.7 Å². The van der Waals surface area contributed by atoms with Crippen LogP contribution in [-0.4, -0.2) is 58.1 Å². The zero-order valence-electron chi connectivity index (χ0n) is 20.1. The van der Waals surface area contributed by atoms with E-state index in [1.54, 1.807) is 37.4 Å². The summed E-state index contributed by atoms with van der Waals surface area (Å²) in [5.41, 5.74) is 3.10. The largest absolute Gasteiger partial charge is 0.497 e. The van der Waals surface area contributed by atoms with Gasteiger partial charge >= 0.3 is 0 Å². The Balaban J connectivity index is 2.45. The fourth-order valence-electron chi connectivity index (χ4n) is 3.55. The van der Waals surface area contributed by atoms with Gasteiger partial charge in [0.25, 0.3) is 0 Å². The van der Waals surface area contributed by atoms with E-state index in [1.165, 1.54) is 11.9 Å². The molecule has 2 aromatic carbocycles. The van der Waals surface area contributed by atoms with E-state index in [4.69, 9.17) is 4.74 Å². The van der Waals surface area contributed by atoms with E-state index < -0.39 is 28.5 Å². The minimum atomic E-state index is -3.75. The molecule has 0 aromatic heterocycles. The van der Waals surface area contributed by atoms with Crippen molar-refractivity contribution in [2.45, 2.75) is 39.8 Å². The van der Waals surface area contributed by atoms with Crippen LogP contribution in [0.2, 0.25) is 0 Å². The minimum Gasteiger partial charge on any atom is -0.497 e. The summed E-state index contributed by atoms with van der Waals surface area (Å²) in [7, 11) is -0.691. The van der Waals surface area contributed by atoms with Gasteiger partial charge in [-0.15, -0.1) is 0 Å². The number of sulfonamides is 1. The summed E-state index contributed by atoms with van der Waals surface area (Å²) >= 11 is 0. The Kier molecular flexibility index (Phi) is 8.87. The second-order valence-corrected chi connectivity index (χ2v) is 9.86. The lowest BCUT2D eigenvalue weighted by atomic mass is 10.1. The first-order chi connectivity index (χ1) is 15.5. The second-order valence-electron chi connectivity index (χ2n) is 7.95. The number of benzene rings is 2. The molecule has 2 aromatic rings. The maximum absolute atomic E-state index is 13.5. The number of amides is 2. The zero-order valence-corrected chi connectivity index (χ0v) is 20.9. The van der Waals surface area contributed by atoms with Gasteiger partial charge in [0.2, 0.25) is 21.8 Å². The van der Waals surface area contributed by atoms with Gasteiger partial charge in [-0.3, -0.25) is 13.9 Å². The Morgan fingerprint density at radius 2 is 1.79 bits per heavy atom. The van der Waals surface area contributed by atoms with E-state index in [9.17, 15) is 18.0 Å². The quantitative estimate of drug-likeness (QED) is 0.570. The summed E-state index contributed by atoms with van der Waals surface area (Å²) < 4.78 is 31.6. The third-order valence-electron chi connectivity index (χ3n) is 5.58. The fraction of sp³-hybridized carbons (Fsp3) is 0.417. The molecule has 2 rings (SSSR count). The molecule has 0 aliphatic rings. The Labute approximate surface area is 196 Å². The van der Waals surface area contributed by atoms with Crippen molar-refractivity contribution in [3.05, 3.63) is 59.2 Å². The first kappa shape index (κ1) is 26.2. The average molecular weight is 476 g/mol. The highest BCUT2D eigenvalue weighted by atomic mass is 32.2. The van der Waals surface area contributed by atoms with Crippen molar-refractivity contribution >= 4 is 27.5 Å². The number of carbonyl (C=O) groups excluding carboxylic acids is 2. The molecule has 8 nitrogen and oxygen atoms in total. The molecule has 0 saturated carbocycles. The lowest BCUT2D eigenvalue weighted by Gasteiger charge is -2.32. The summed E-state index contributed by atoms with van der Waals surface area (Å²) in [6.45, 7) is 5.34. The monoisotopic (exact) mass is 475 g/mol. The average Bonchev–Trinajstić information content (AvgIpc) is 2.78. The number of anilines is 1. The Bertz CT molecular complexity index is 1100. The van der Waals surface area contributed by atoms with Gasteiger partial charge in [-0.1, -0.05) is 25.1 Å². The molecule has 0 fully saturated rings. The van der Waals surface area contributed by atoms with Gasteiger partial charge < -0.3 is 15.0 Å². The van der Waals surface area contributed by atoms with Crippen molar-refractivity contribution in [3.63, 3.8) is 0 Å². The van der Waals surface area contributed by atoms with Gasteiger partial charge in [-0.25, -0.2) is 8.42 Å². The van der Waals surface area contributed by atoms with Crippen LogP contribution in [0.25, 0.3) is 0 Å². The number of nitrogens with one attached hydrogen (secondary N) is 1. The number of nitrogens with zero attached hydrogens (tertiary/aromatic N) is 2. The van der Waals surface area contributed by atoms with E-state index in [0.717, 1.165) is 27.3 Å². The molecule has 0 aliphatic heterocycles. The van der Waals surface area contributed by atoms with Gasteiger partial charge in [0.05, 0.1) is 19.1 Å². The van der Waals surface area contributed by atoms with Crippen LogP contribution in [0.4, 0.5) is 5.69 Å². The van der Waals surface area contributed by atoms with Gasteiger partial charge in [0, 0.05) is 13.6 Å². The summed E-state index contributed by atoms with van der Waals surface area (Å²) in [6, 6.07) is 11.7. The van der Waals surface area contributed by atoms with E-state index in [2.05, 4.69) is 5.32 Å². The predicted octanol–water partition coefficient (Wildman–Crippen LogP) is 2.63. The molecule has 33 heavy (non-hydrogen) atoms. The lowest BCUT2D eigenvalue weighted by molar-refractivity contribution is -0.140. The molecule has 180 valence electrons. The molecule has 2 amide bonds. The predicted molar refractivity (Wildman–Crippen MR) is 130 cm³/mol. The SMILES string of the molecule is CC[C@@H](C(=O)NC)N(Cc1cccc(OC)c1)C(=O)CN(c1ccc(C)c(C)c1)S(C)(=O)=O. The highest BCUT2D eigenvalue weighted by Gasteiger charge is 2.31. The molecule has 0 heterocycles. The number of likely N-dealkylation sites (N-methyl/N-ethyl adjacent to an activating group) is 1. The van der Waals surface area contributed by atoms with Crippen LogP contribution in [-0.2, 0) is 26.2 Å². The highest BCUT2D eigenvalue weighted by molar-refractivity contribution is 7.92. The first-order valence-electron chi connectivity index (χ1n) is 10.7. The Morgan fingerprint density at radius 3 is 2.33 bits per heavy atom. The van der Waals surface area contributed by atoms with Crippen LogP contribution in [0.1, 0.15) is 30.0 Å². The molecule has 1 atom stereocenters. The van der Waals surface area contributed by atoms with Gasteiger partial charge in [-0.05, 0) is 61.2 Å². The lowest BCUT2D eigenvalue weighted by Crippen LogP contribution is -2.51. The number of carbonyl (C=O) groups is 2. The highest BCUT2D eigenvalue weighted by Crippen LogP contribution is 2.23. The van der Waals surface area contributed by atoms with Crippen LogP contribution in [0.15, 0.2) is 42.5 Å². The topological polar surface area (TPSA) is 96.0 Å². The smallest absolute Gasteiger partial charge is 0.244 e. The van der Waals surface area contributed by atoms with Crippen LogP contribution < -0.4 is 14.4 Å². The Morgan fingerprint density at radius 1 is 1.09 bits per heavy atom. The zero-order chi connectivity index (χ0) is 24.8. The number of hydrogen-bond acceptors (Lipinski definition) is 5. The molecule has 0 radical (unpaired) electrons. The van der Waals surface area contributed by atoms with Crippen LogP contribution >= 0.6 is 0 Å². The Hall–Kier alpha value is -3.07. The normalized spacial score (nSPS) is 12.1. The number of ether oxygens (including phenoxy) is 1. The van der Waals surface area contributed by atoms with Gasteiger partial charge in [0.15, 0.2) is 0 Å². The van der Waals surface area contributed by atoms with Gasteiger partial charge in [0.1, 0.15) is 18.3 Å². The van der Waals surface area contributed by atoms with E-state index in [0.29, 0.717) is 17.9 Å². The minimum absolute atomic E-state index is 0.131. The van der Waals surface area contributed by atoms with E-state index in [-0.39, 0.29) is 12.5 Å². The number of aryl methyl sites for hydroxylation is 2. The summed E-state index contributed by atoms with van der Waals surface area (Å²) in [5, 5.41) is 2.60. The third kappa shape index (κ3) is 6.71. The molecule has 0 bridgehead atoms. The third-order valence-corrected chi connectivity index (χ3v) is 6.72. The second kappa shape index (κ2) is 11.2. The standard InChI is InChI=1S/C24H33N3O5S/c1-7-22(24(29)25-4)26(15-19-9-8-10-21(14-19)32-5)23(28)16-27(33(6,30)31)20-12-11-17(2)18(3)13-20/h8-14,22H,7,15-16H2,1-6H3,(H,25,29)/t22-/m0/s1. The molecule has 9 heteroatoms. The molecule has 0 aliphatic carbocycles. The summed E-state index contributed by atoms with van der Waals surface area (Å²) in [6.07, 6.45) is 1.44. The van der Waals surface area contributed by atoms with Gasteiger partial charge in [-0.2, -0.15) is 0 Å². The molecule has 0 unspecified atom stereocenters. The van der Waals surface area contributed by atoms with E-state index >= 15 is 0 Å². The molecule has 0 saturated heterocycles. The molecular weight excluding hydrogens is 442 g/mol. The van der Waals surface area contributed by atoms with Crippen molar-refractivity contribution in [2.75, 3.05) is 31.3 Å². The maximum atomic E-state index is 13.5. The molecule has 0 spiro atoms. The summed E-state index contributed by atoms with van der Waals surface area (Å²) in [4.78, 5) is 27.5. The molecular formula is C24H33N3O5S. The van der Waals surface area contributed by atoms with Crippen molar-refractivity contribution in [1.82, 2.24) is 10.2 Å². The molecule has 1 N–H and O–H groups in total. The van der Waals surface area contributed by atoms with Crippen molar-refractivity contribution in [3.8, 4) is 5.75 Å². The van der Waals surface area contributed by atoms with Crippen LogP contribution in [0.3, 0.4) is 0 Å². The van der Waals surface area contributed by atoms with Crippen LogP contribution in [0.5, 0.6) is 5.75 Å². The maximum Gasteiger partial charge on any atom is 0.244 e. The van der Waals surface area contributed by atoms with Crippen LogP contribution in [0, 0.1) is 13.8 Å². The first-order valence-corrected chi connectivity index (χ1v) is 12.6. The fourth-order valence-corrected chi connectivity index (χ4v) is 4.39. The van der Waals surface area contributed by atoms with Crippen molar-refractivity contribution in [1.29, 1.82) is 0 Å². The summed E-state index contributed by atoms with van der Waals surface area (Å²) in [5.74, 6) is -0.163. The van der Waals surface area contributed by atoms with E-state index in [1.807, 2.05) is 32.9 Å². The van der Waals surface area contributed by atoms with Crippen molar-refractivity contribution in [2.24, 2.45) is 0 Å². The number of hydrogen-bond donors (Lipinski definition) is 1. The number of methoxy groups -OCH3 is 1. The number of rotatable bonds is 10.